The fourth-order valence-electron chi connectivity index (χ4n) is 3.68. The number of ether oxygens (including phenoxy) is 1. The monoisotopic (exact) mass is 357 g/mol. The number of rotatable bonds is 5. The Morgan fingerprint density at radius 3 is 2.70 bits per heavy atom. The van der Waals surface area contributed by atoms with E-state index < -0.39 is 5.91 Å². The van der Waals surface area contributed by atoms with E-state index in [0.717, 1.165) is 27.4 Å². The van der Waals surface area contributed by atoms with Gasteiger partial charge in [-0.25, -0.2) is 0 Å². The summed E-state index contributed by atoms with van der Waals surface area (Å²) in [7, 11) is 1.68. The number of fused-ring (bicyclic) bond motifs is 3. The number of aromatic nitrogens is 1. The second-order valence-corrected chi connectivity index (χ2v) is 6.78. The molecular weight excluding hydrogens is 336 g/mol. The first-order chi connectivity index (χ1) is 13.1. The lowest BCUT2D eigenvalue weighted by Gasteiger charge is -2.11. The molecule has 0 bridgehead atoms. The van der Waals surface area contributed by atoms with Crippen LogP contribution >= 0.6 is 0 Å². The molecule has 0 saturated carbocycles. The number of hydrogen-bond donors (Lipinski definition) is 1. The van der Waals surface area contributed by atoms with Gasteiger partial charge >= 0.3 is 0 Å². The minimum atomic E-state index is -0.426. The van der Waals surface area contributed by atoms with Gasteiger partial charge in [0.25, 0.3) is 0 Å². The highest BCUT2D eigenvalue weighted by Gasteiger charge is 2.17. The van der Waals surface area contributed by atoms with Gasteiger partial charge in [-0.1, -0.05) is 30.3 Å². The molecule has 4 aromatic rings. The summed E-state index contributed by atoms with van der Waals surface area (Å²) in [5.41, 5.74) is 11.7. The van der Waals surface area contributed by atoms with Crippen LogP contribution in [0.25, 0.3) is 21.8 Å². The highest BCUT2D eigenvalue weighted by molar-refractivity contribution is 6.17. The van der Waals surface area contributed by atoms with E-state index in [1.54, 1.807) is 13.2 Å². The van der Waals surface area contributed by atoms with Crippen molar-refractivity contribution in [2.24, 2.45) is 5.73 Å². The third-order valence-corrected chi connectivity index (χ3v) is 5.02. The molecule has 1 aromatic heterocycles. The fourth-order valence-corrected chi connectivity index (χ4v) is 3.68. The zero-order valence-corrected chi connectivity index (χ0v) is 15.5. The SMILES string of the molecule is COCc1c[c]c2c3c(C(N)=O)cccc3n(Cc3ccccc3C)c2c1. The van der Waals surface area contributed by atoms with E-state index in [-0.39, 0.29) is 0 Å². The van der Waals surface area contributed by atoms with Crippen molar-refractivity contribution in [2.75, 3.05) is 7.11 Å². The van der Waals surface area contributed by atoms with Gasteiger partial charge in [-0.3, -0.25) is 4.79 Å². The molecular formula is C23H21N2O2. The number of nitrogens with two attached hydrogens (primary N) is 1. The maximum absolute atomic E-state index is 12.0. The zero-order valence-electron chi connectivity index (χ0n) is 15.5. The Labute approximate surface area is 158 Å². The van der Waals surface area contributed by atoms with E-state index in [2.05, 4.69) is 35.8 Å². The molecule has 0 fully saturated rings. The average molecular weight is 357 g/mol. The van der Waals surface area contributed by atoms with Crippen molar-refractivity contribution in [1.29, 1.82) is 0 Å². The number of primary amides is 1. The molecule has 3 aromatic carbocycles. The number of methoxy groups -OCH3 is 1. The maximum atomic E-state index is 12.0. The van der Waals surface area contributed by atoms with Crippen LogP contribution in [-0.4, -0.2) is 17.6 Å². The predicted octanol–water partition coefficient (Wildman–Crippen LogP) is 4.20. The molecule has 1 heterocycles. The summed E-state index contributed by atoms with van der Waals surface area (Å²) in [6, 6.07) is 21.4. The van der Waals surface area contributed by atoms with Crippen LogP contribution in [0.5, 0.6) is 0 Å². The molecule has 2 N–H and O–H groups in total. The second kappa shape index (κ2) is 6.89. The Kier molecular flexibility index (Phi) is 4.42. The average Bonchev–Trinajstić information content (AvgIpc) is 2.97. The number of hydrogen-bond acceptors (Lipinski definition) is 2. The number of nitrogens with zero attached hydrogens (tertiary/aromatic N) is 1. The van der Waals surface area contributed by atoms with Gasteiger partial charge in [0.2, 0.25) is 5.91 Å². The highest BCUT2D eigenvalue weighted by Crippen LogP contribution is 2.33. The summed E-state index contributed by atoms with van der Waals surface area (Å²) >= 11 is 0. The Balaban J connectivity index is 2.04. The lowest BCUT2D eigenvalue weighted by Crippen LogP contribution is -2.11. The van der Waals surface area contributed by atoms with E-state index in [1.807, 2.05) is 30.3 Å². The fraction of sp³-hybridized carbons (Fsp3) is 0.174. The van der Waals surface area contributed by atoms with Crippen molar-refractivity contribution in [3.8, 4) is 0 Å². The van der Waals surface area contributed by atoms with Crippen molar-refractivity contribution < 1.29 is 9.53 Å². The summed E-state index contributed by atoms with van der Waals surface area (Å²) in [5.74, 6) is -0.426. The summed E-state index contributed by atoms with van der Waals surface area (Å²) in [6.45, 7) is 3.33. The van der Waals surface area contributed by atoms with Crippen LogP contribution < -0.4 is 5.73 Å². The smallest absolute Gasteiger partial charge is 0.249 e. The number of aryl methyl sites for hydroxylation is 1. The lowest BCUT2D eigenvalue weighted by atomic mass is 10.0. The summed E-state index contributed by atoms with van der Waals surface area (Å²) in [5, 5.41) is 1.77. The molecule has 4 rings (SSSR count). The quantitative estimate of drug-likeness (QED) is 0.582. The molecule has 4 nitrogen and oxygen atoms in total. The molecule has 0 aliphatic carbocycles. The zero-order chi connectivity index (χ0) is 19.0. The summed E-state index contributed by atoms with van der Waals surface area (Å²) < 4.78 is 7.52. The largest absolute Gasteiger partial charge is 0.380 e. The second-order valence-electron chi connectivity index (χ2n) is 6.78. The molecule has 1 radical (unpaired) electrons. The van der Waals surface area contributed by atoms with Gasteiger partial charge < -0.3 is 15.0 Å². The van der Waals surface area contributed by atoms with E-state index in [9.17, 15) is 4.79 Å². The normalized spacial score (nSPS) is 11.3. The first-order valence-corrected chi connectivity index (χ1v) is 8.89. The maximum Gasteiger partial charge on any atom is 0.249 e. The van der Waals surface area contributed by atoms with E-state index in [1.165, 1.54) is 11.1 Å². The minimum Gasteiger partial charge on any atom is -0.380 e. The summed E-state index contributed by atoms with van der Waals surface area (Å²) in [4.78, 5) is 12.0. The van der Waals surface area contributed by atoms with Crippen molar-refractivity contribution in [3.63, 3.8) is 0 Å². The first kappa shape index (κ1) is 17.3. The van der Waals surface area contributed by atoms with Crippen LogP contribution in [0.15, 0.2) is 54.6 Å². The number of carbonyl (C=O) groups is 1. The lowest BCUT2D eigenvalue weighted by molar-refractivity contribution is 0.100. The predicted molar refractivity (Wildman–Crippen MR) is 108 cm³/mol. The molecule has 0 unspecified atom stereocenters. The van der Waals surface area contributed by atoms with E-state index >= 15 is 0 Å². The summed E-state index contributed by atoms with van der Waals surface area (Å²) in [6.07, 6.45) is 0. The molecule has 1 amide bonds. The standard InChI is InChI=1S/C23H21N2O2/c1-15-6-3-4-7-17(15)13-25-20-9-5-8-19(23(24)26)22(20)18-11-10-16(14-27-2)12-21(18)25/h3-10,12H,13-14H2,1-2H3,(H2,24,26). The van der Waals surface area contributed by atoms with Crippen LogP contribution in [0.3, 0.4) is 0 Å². The van der Waals surface area contributed by atoms with Crippen LogP contribution in [0.1, 0.15) is 27.0 Å². The molecule has 0 aliphatic rings. The topological polar surface area (TPSA) is 57.2 Å². The van der Waals surface area contributed by atoms with Crippen molar-refractivity contribution >= 4 is 27.7 Å². The van der Waals surface area contributed by atoms with Crippen LogP contribution in [0, 0.1) is 13.0 Å². The number of amides is 1. The molecule has 4 heteroatoms. The van der Waals surface area contributed by atoms with Crippen molar-refractivity contribution in [3.05, 3.63) is 82.9 Å². The molecule has 0 saturated heterocycles. The molecule has 0 atom stereocenters. The molecule has 0 spiro atoms. The Bertz CT molecular complexity index is 1160. The van der Waals surface area contributed by atoms with E-state index in [0.29, 0.717) is 18.7 Å². The third kappa shape index (κ3) is 2.98. The number of carbonyl (C=O) groups excluding carboxylic acids is 1. The molecule has 135 valence electrons. The first-order valence-electron chi connectivity index (χ1n) is 8.89. The minimum absolute atomic E-state index is 0.426. The van der Waals surface area contributed by atoms with E-state index in [4.69, 9.17) is 10.5 Å². The van der Waals surface area contributed by atoms with Gasteiger partial charge in [0.1, 0.15) is 0 Å². The van der Waals surface area contributed by atoms with Gasteiger partial charge in [0.05, 0.1) is 17.6 Å². The highest BCUT2D eigenvalue weighted by atomic mass is 16.5. The van der Waals surface area contributed by atoms with Crippen molar-refractivity contribution in [2.45, 2.75) is 20.1 Å². The Morgan fingerprint density at radius 2 is 1.96 bits per heavy atom. The van der Waals surface area contributed by atoms with Crippen LogP contribution in [-0.2, 0) is 17.9 Å². The Morgan fingerprint density at radius 1 is 1.15 bits per heavy atom. The van der Waals surface area contributed by atoms with Crippen LogP contribution in [0.2, 0.25) is 0 Å². The van der Waals surface area contributed by atoms with Gasteiger partial charge in [-0.15, -0.1) is 0 Å². The van der Waals surface area contributed by atoms with Gasteiger partial charge in [0.15, 0.2) is 0 Å². The molecule has 27 heavy (non-hydrogen) atoms. The van der Waals surface area contributed by atoms with Crippen molar-refractivity contribution in [1.82, 2.24) is 4.57 Å². The van der Waals surface area contributed by atoms with Gasteiger partial charge in [-0.05, 0) is 53.9 Å². The van der Waals surface area contributed by atoms with Crippen LogP contribution in [0.4, 0.5) is 0 Å². The van der Waals surface area contributed by atoms with Gasteiger partial charge in [0, 0.05) is 30.0 Å². The van der Waals surface area contributed by atoms with Gasteiger partial charge in [-0.2, -0.15) is 0 Å². The third-order valence-electron chi connectivity index (χ3n) is 5.02. The number of benzene rings is 3. The molecule has 0 aliphatic heterocycles. The Hall–Kier alpha value is -3.11.